The zero-order valence-electron chi connectivity index (χ0n) is 15.8. The fourth-order valence-electron chi connectivity index (χ4n) is 4.05. The lowest BCUT2D eigenvalue weighted by atomic mass is 9.84. The lowest BCUT2D eigenvalue weighted by Gasteiger charge is -2.44. The van der Waals surface area contributed by atoms with Gasteiger partial charge in [0.1, 0.15) is 17.0 Å². The Bertz CT molecular complexity index is 849. The van der Waals surface area contributed by atoms with Crippen molar-refractivity contribution in [2.24, 2.45) is 0 Å². The van der Waals surface area contributed by atoms with Crippen molar-refractivity contribution in [3.8, 4) is 11.4 Å². The summed E-state index contributed by atoms with van der Waals surface area (Å²) in [6.45, 7) is 8.72. The number of esters is 1. The molecule has 0 saturated carbocycles. The van der Waals surface area contributed by atoms with Gasteiger partial charge in [0.15, 0.2) is 5.60 Å². The number of carbonyl (C=O) groups excluding carboxylic acids is 1. The average Bonchev–Trinajstić information content (AvgIpc) is 3.00. The summed E-state index contributed by atoms with van der Waals surface area (Å²) in [4.78, 5) is 12.8. The molecule has 0 amide bonds. The lowest BCUT2D eigenvalue weighted by molar-refractivity contribution is 0.00193. The van der Waals surface area contributed by atoms with E-state index in [1.807, 2.05) is 61.7 Å². The summed E-state index contributed by atoms with van der Waals surface area (Å²) < 4.78 is 14.2. The second-order valence-electron chi connectivity index (χ2n) is 8.31. The number of rotatable bonds is 1. The van der Waals surface area contributed by atoms with Crippen LogP contribution in [0.2, 0.25) is 0 Å². The minimum Gasteiger partial charge on any atom is -0.479 e. The molecule has 5 heteroatoms. The van der Waals surface area contributed by atoms with Gasteiger partial charge in [-0.25, -0.2) is 4.79 Å². The highest BCUT2D eigenvalue weighted by Crippen LogP contribution is 2.46. The second-order valence-corrected chi connectivity index (χ2v) is 8.31. The van der Waals surface area contributed by atoms with Gasteiger partial charge in [-0.2, -0.15) is 0 Å². The minimum absolute atomic E-state index is 0.308. The van der Waals surface area contributed by atoms with Crippen LogP contribution in [0, 0.1) is 0 Å². The van der Waals surface area contributed by atoms with Gasteiger partial charge in [0.25, 0.3) is 0 Å². The summed E-state index contributed by atoms with van der Waals surface area (Å²) in [7, 11) is 0. The van der Waals surface area contributed by atoms with E-state index in [2.05, 4.69) is 12.2 Å². The SMILES string of the molecule is CC1CC2(CCN1)Oc1ccccc1-n1c(C(=O)OC(C)(C)C)ccc12. The third kappa shape index (κ3) is 2.80. The van der Waals surface area contributed by atoms with Crippen molar-refractivity contribution in [2.45, 2.75) is 57.8 Å². The molecule has 1 saturated heterocycles. The van der Waals surface area contributed by atoms with Crippen molar-refractivity contribution in [2.75, 3.05) is 6.54 Å². The smallest absolute Gasteiger partial charge is 0.355 e. The fourth-order valence-corrected chi connectivity index (χ4v) is 4.05. The van der Waals surface area contributed by atoms with E-state index in [9.17, 15) is 4.79 Å². The first-order valence-electron chi connectivity index (χ1n) is 9.26. The number of para-hydroxylation sites is 2. The Labute approximate surface area is 154 Å². The Morgan fingerprint density at radius 2 is 2.04 bits per heavy atom. The maximum Gasteiger partial charge on any atom is 0.355 e. The third-order valence-corrected chi connectivity index (χ3v) is 5.02. The number of hydrogen-bond donors (Lipinski definition) is 1. The molecule has 2 unspecified atom stereocenters. The molecule has 5 nitrogen and oxygen atoms in total. The summed E-state index contributed by atoms with van der Waals surface area (Å²) in [5.41, 5.74) is 1.53. The van der Waals surface area contributed by atoms with Crippen LogP contribution in [0.15, 0.2) is 36.4 Å². The highest BCUT2D eigenvalue weighted by molar-refractivity contribution is 5.89. The molecule has 2 aliphatic heterocycles. The van der Waals surface area contributed by atoms with Crippen LogP contribution >= 0.6 is 0 Å². The van der Waals surface area contributed by atoms with E-state index < -0.39 is 11.2 Å². The lowest BCUT2D eigenvalue weighted by Crippen LogP contribution is -2.50. The molecule has 1 aromatic heterocycles. The van der Waals surface area contributed by atoms with E-state index in [0.29, 0.717) is 11.7 Å². The molecule has 0 radical (unpaired) electrons. The van der Waals surface area contributed by atoms with Crippen LogP contribution in [0.3, 0.4) is 0 Å². The molecule has 3 heterocycles. The molecule has 1 spiro atoms. The standard InChI is InChI=1S/C21H26N2O3/c1-14-13-21(11-12-22-14)18-10-9-16(19(24)26-20(2,3)4)23(18)15-7-5-6-8-17(15)25-21/h5-10,14,22H,11-13H2,1-4H3. The molecule has 2 atom stereocenters. The van der Waals surface area contributed by atoms with Crippen LogP contribution in [-0.4, -0.2) is 28.7 Å². The molecular formula is C21H26N2O3. The highest BCUT2D eigenvalue weighted by atomic mass is 16.6. The van der Waals surface area contributed by atoms with Crippen LogP contribution in [-0.2, 0) is 10.3 Å². The van der Waals surface area contributed by atoms with E-state index in [0.717, 1.165) is 36.5 Å². The Kier molecular flexibility index (Phi) is 3.88. The van der Waals surface area contributed by atoms with Gasteiger partial charge >= 0.3 is 5.97 Å². The second kappa shape index (κ2) is 5.88. The topological polar surface area (TPSA) is 52.5 Å². The summed E-state index contributed by atoms with van der Waals surface area (Å²) in [6.07, 6.45) is 1.72. The largest absolute Gasteiger partial charge is 0.479 e. The number of piperidine rings is 1. The molecule has 0 bridgehead atoms. The number of aromatic nitrogens is 1. The first-order chi connectivity index (χ1) is 12.3. The monoisotopic (exact) mass is 354 g/mol. The third-order valence-electron chi connectivity index (χ3n) is 5.02. The fraction of sp³-hybridized carbons (Fsp3) is 0.476. The molecule has 0 aliphatic carbocycles. The van der Waals surface area contributed by atoms with Gasteiger partial charge in [0, 0.05) is 18.9 Å². The van der Waals surface area contributed by atoms with Gasteiger partial charge in [-0.3, -0.25) is 0 Å². The normalized spacial score (nSPS) is 24.5. The van der Waals surface area contributed by atoms with E-state index in [1.165, 1.54) is 0 Å². The van der Waals surface area contributed by atoms with Gasteiger partial charge in [-0.05, 0) is 58.5 Å². The van der Waals surface area contributed by atoms with Crippen LogP contribution in [0.1, 0.15) is 56.7 Å². The number of nitrogens with zero attached hydrogens (tertiary/aromatic N) is 1. The first kappa shape index (κ1) is 17.2. The van der Waals surface area contributed by atoms with Crippen molar-refractivity contribution in [3.05, 3.63) is 47.8 Å². The van der Waals surface area contributed by atoms with Crippen molar-refractivity contribution in [3.63, 3.8) is 0 Å². The molecule has 1 fully saturated rings. The summed E-state index contributed by atoms with van der Waals surface area (Å²) in [5, 5.41) is 3.49. The van der Waals surface area contributed by atoms with E-state index in [1.54, 1.807) is 0 Å². The number of nitrogens with one attached hydrogen (secondary N) is 1. The van der Waals surface area contributed by atoms with E-state index >= 15 is 0 Å². The predicted molar refractivity (Wildman–Crippen MR) is 99.9 cm³/mol. The maximum atomic E-state index is 12.8. The number of benzene rings is 1. The van der Waals surface area contributed by atoms with Crippen LogP contribution < -0.4 is 10.1 Å². The van der Waals surface area contributed by atoms with Crippen LogP contribution in [0.5, 0.6) is 5.75 Å². The van der Waals surface area contributed by atoms with Gasteiger partial charge < -0.3 is 19.4 Å². The van der Waals surface area contributed by atoms with Crippen LogP contribution in [0.25, 0.3) is 5.69 Å². The van der Waals surface area contributed by atoms with Crippen molar-refractivity contribution < 1.29 is 14.3 Å². The number of hydrogen-bond acceptors (Lipinski definition) is 4. The highest BCUT2D eigenvalue weighted by Gasteiger charge is 2.45. The van der Waals surface area contributed by atoms with Gasteiger partial charge in [0.2, 0.25) is 0 Å². The summed E-state index contributed by atoms with van der Waals surface area (Å²) in [6, 6.07) is 12.1. The minimum atomic E-state index is -0.534. The summed E-state index contributed by atoms with van der Waals surface area (Å²) in [5.74, 6) is 0.507. The van der Waals surface area contributed by atoms with Gasteiger partial charge in [-0.1, -0.05) is 12.1 Å². The predicted octanol–water partition coefficient (Wildman–Crippen LogP) is 3.79. The Balaban J connectivity index is 1.86. The van der Waals surface area contributed by atoms with E-state index in [4.69, 9.17) is 9.47 Å². The molecule has 138 valence electrons. The molecular weight excluding hydrogens is 328 g/mol. The summed E-state index contributed by atoms with van der Waals surface area (Å²) >= 11 is 0. The zero-order chi connectivity index (χ0) is 18.5. The van der Waals surface area contributed by atoms with Crippen molar-refractivity contribution in [1.82, 2.24) is 9.88 Å². The van der Waals surface area contributed by atoms with E-state index in [-0.39, 0.29) is 5.97 Å². The quantitative estimate of drug-likeness (QED) is 0.792. The molecule has 4 rings (SSSR count). The molecule has 1 aromatic carbocycles. The number of carbonyl (C=O) groups is 1. The van der Waals surface area contributed by atoms with Gasteiger partial charge in [-0.15, -0.1) is 0 Å². The Hall–Kier alpha value is -2.27. The molecule has 1 N–H and O–H groups in total. The Morgan fingerprint density at radius 1 is 1.27 bits per heavy atom. The zero-order valence-corrected chi connectivity index (χ0v) is 15.8. The molecule has 2 aromatic rings. The van der Waals surface area contributed by atoms with Gasteiger partial charge in [0.05, 0.1) is 11.4 Å². The maximum absolute atomic E-state index is 12.8. The number of fused-ring (bicyclic) bond motifs is 4. The average molecular weight is 354 g/mol. The Morgan fingerprint density at radius 3 is 2.77 bits per heavy atom. The van der Waals surface area contributed by atoms with Crippen molar-refractivity contribution >= 4 is 5.97 Å². The van der Waals surface area contributed by atoms with Crippen molar-refractivity contribution in [1.29, 1.82) is 0 Å². The molecule has 2 aliphatic rings. The first-order valence-corrected chi connectivity index (χ1v) is 9.26. The number of ether oxygens (including phenoxy) is 2. The molecule has 26 heavy (non-hydrogen) atoms. The van der Waals surface area contributed by atoms with Crippen LogP contribution in [0.4, 0.5) is 0 Å².